The molecule has 1 amide bonds. The largest absolute Gasteiger partial charge is 0.507 e. The fraction of sp³-hybridized carbons (Fsp3) is 0.205. The smallest absolute Gasteiger partial charge is 0.253 e. The van der Waals surface area contributed by atoms with Crippen LogP contribution < -0.4 is 20.9 Å². The van der Waals surface area contributed by atoms with Crippen molar-refractivity contribution in [3.63, 3.8) is 0 Å². The van der Waals surface area contributed by atoms with E-state index in [9.17, 15) is 33.3 Å². The van der Waals surface area contributed by atoms with Crippen LogP contribution in [0.4, 0.5) is 24.8 Å². The number of phenolic OH excluding ortho intramolecular Hbond substituents is 2. The van der Waals surface area contributed by atoms with Gasteiger partial charge in [0.25, 0.3) is 5.91 Å². The third-order valence-corrected chi connectivity index (χ3v) is 10.4. The maximum atomic E-state index is 14.1. The van der Waals surface area contributed by atoms with Gasteiger partial charge in [0, 0.05) is 49.0 Å². The highest BCUT2D eigenvalue weighted by Gasteiger charge is 2.30. The first-order valence-electron chi connectivity index (χ1n) is 19.0. The number of aromatic nitrogens is 4. The minimum absolute atomic E-state index is 0.0289. The number of nitrogens with zero attached hydrogens (tertiary/aromatic N) is 6. The molecular formula is C44H39F3N8O4. The maximum absolute atomic E-state index is 14.1. The van der Waals surface area contributed by atoms with Gasteiger partial charge in [-0.2, -0.15) is 0 Å². The molecule has 4 heterocycles. The van der Waals surface area contributed by atoms with E-state index in [2.05, 4.69) is 30.2 Å². The van der Waals surface area contributed by atoms with Crippen LogP contribution in [0.2, 0.25) is 0 Å². The molecule has 300 valence electrons. The van der Waals surface area contributed by atoms with Crippen LogP contribution in [0.3, 0.4) is 0 Å². The van der Waals surface area contributed by atoms with Gasteiger partial charge in [0.15, 0.2) is 17.8 Å². The minimum Gasteiger partial charge on any atom is -0.507 e. The lowest BCUT2D eigenvalue weighted by molar-refractivity contribution is -0.130. The van der Waals surface area contributed by atoms with Crippen molar-refractivity contribution in [3.8, 4) is 34.3 Å². The molecule has 2 aliphatic heterocycles. The average molecular weight is 801 g/mol. The van der Waals surface area contributed by atoms with Crippen LogP contribution in [-0.4, -0.2) is 79.4 Å². The van der Waals surface area contributed by atoms with Gasteiger partial charge in [0.1, 0.15) is 40.6 Å². The lowest BCUT2D eigenvalue weighted by atomic mass is 10.1. The van der Waals surface area contributed by atoms with Crippen molar-refractivity contribution >= 4 is 39.3 Å². The number of nitrogens with one attached hydrogen (secondary N) is 1. The Morgan fingerprint density at radius 3 is 1.66 bits per heavy atom. The summed E-state index contributed by atoms with van der Waals surface area (Å²) >= 11 is 0. The van der Waals surface area contributed by atoms with E-state index in [4.69, 9.17) is 5.73 Å². The number of hydrogen-bond acceptors (Lipinski definition) is 11. The highest BCUT2D eigenvalue weighted by Crippen LogP contribution is 2.35. The van der Waals surface area contributed by atoms with Gasteiger partial charge in [-0.1, -0.05) is 36.4 Å². The molecule has 15 heteroatoms. The molecule has 0 aliphatic carbocycles. The first-order chi connectivity index (χ1) is 28.5. The molecule has 0 bridgehead atoms. The number of rotatable bonds is 7. The molecular weight excluding hydrogens is 762 g/mol. The number of phenols is 2. The molecule has 2 saturated heterocycles. The summed E-state index contributed by atoms with van der Waals surface area (Å²) in [4.78, 5) is 34.8. The second-order valence-corrected chi connectivity index (χ2v) is 14.5. The Morgan fingerprint density at radius 2 is 1.15 bits per heavy atom. The fourth-order valence-corrected chi connectivity index (χ4v) is 7.34. The summed E-state index contributed by atoms with van der Waals surface area (Å²) in [6, 6.07) is 27.2. The predicted molar refractivity (Wildman–Crippen MR) is 218 cm³/mol. The molecule has 2 fully saturated rings. The number of para-hydroxylation sites is 2. The number of aliphatic hydroxyl groups is 1. The summed E-state index contributed by atoms with van der Waals surface area (Å²) in [7, 11) is 0. The molecule has 59 heavy (non-hydrogen) atoms. The van der Waals surface area contributed by atoms with Gasteiger partial charge in [-0.3, -0.25) is 4.79 Å². The molecule has 9 rings (SSSR count). The van der Waals surface area contributed by atoms with Crippen LogP contribution in [0.15, 0.2) is 109 Å². The Bertz CT molecular complexity index is 2670. The zero-order valence-corrected chi connectivity index (χ0v) is 31.5. The summed E-state index contributed by atoms with van der Waals surface area (Å²) in [5, 5.41) is 34.7. The Hall–Kier alpha value is -6.84. The number of amides is 1. The van der Waals surface area contributed by atoms with Crippen molar-refractivity contribution in [2.45, 2.75) is 31.0 Å². The zero-order chi connectivity index (χ0) is 41.2. The summed E-state index contributed by atoms with van der Waals surface area (Å²) in [5.74, 6) is 0.217. The number of carbonyl (C=O) groups is 1. The average Bonchev–Trinajstić information content (AvgIpc) is 3.89. The van der Waals surface area contributed by atoms with Crippen molar-refractivity contribution < 1.29 is 33.3 Å². The number of fused-ring (bicyclic) bond motifs is 2. The van der Waals surface area contributed by atoms with Gasteiger partial charge < -0.3 is 36.2 Å². The molecule has 7 aromatic rings. The Kier molecular flexibility index (Phi) is 10.9. The lowest BCUT2D eigenvalue weighted by Crippen LogP contribution is -2.40. The van der Waals surface area contributed by atoms with E-state index in [1.54, 1.807) is 54.6 Å². The Morgan fingerprint density at radius 1 is 0.661 bits per heavy atom. The number of aliphatic hydroxyl groups excluding tert-OH is 1. The van der Waals surface area contributed by atoms with E-state index < -0.39 is 23.6 Å². The molecule has 5 aromatic carbocycles. The second-order valence-electron chi connectivity index (χ2n) is 14.5. The van der Waals surface area contributed by atoms with E-state index in [1.165, 1.54) is 48.5 Å². The number of aromatic hydroxyl groups is 2. The van der Waals surface area contributed by atoms with Crippen LogP contribution in [-0.2, 0) is 4.79 Å². The topological polar surface area (TPSA) is 174 Å². The molecule has 12 nitrogen and oxygen atoms in total. The molecule has 2 aliphatic rings. The minimum atomic E-state index is -1.42. The molecule has 0 radical (unpaired) electrons. The standard InChI is InChI=1S/C26H22F2N4O3.C18H17FN4O/c27-16-7-5-15(6-8-16)23(34)26(35)29-18-11-12-32(14-18)25-20-13-17(28)9-10-21(20)30-24(31-25)19-3-1-2-4-22(19)33;19-11-5-6-15-14(9-11)18(23-8-7-12(20)10-23)22-17(21-15)13-3-1-2-4-16(13)24/h1-10,13,18,23,33-34H,11-12,14H2,(H,29,35);1-6,9,12,24H,7-8,10,20H2/t18-,23?;12-/m11/s1. The predicted octanol–water partition coefficient (Wildman–Crippen LogP) is 6.39. The van der Waals surface area contributed by atoms with Crippen LogP contribution in [0.25, 0.3) is 44.6 Å². The number of nitrogens with two attached hydrogens (primary N) is 1. The third kappa shape index (κ3) is 8.42. The van der Waals surface area contributed by atoms with Gasteiger partial charge in [-0.15, -0.1) is 0 Å². The van der Waals surface area contributed by atoms with Crippen LogP contribution in [0.1, 0.15) is 24.5 Å². The van der Waals surface area contributed by atoms with Crippen molar-refractivity contribution in [1.82, 2.24) is 25.3 Å². The van der Waals surface area contributed by atoms with E-state index in [0.717, 1.165) is 13.0 Å². The zero-order valence-electron chi connectivity index (χ0n) is 31.5. The maximum Gasteiger partial charge on any atom is 0.253 e. The number of benzene rings is 5. The quantitative estimate of drug-likeness (QED) is 0.121. The van der Waals surface area contributed by atoms with Crippen molar-refractivity contribution in [2.24, 2.45) is 5.73 Å². The first kappa shape index (κ1) is 39.0. The number of carbonyl (C=O) groups excluding carboxylic acids is 1. The highest BCUT2D eigenvalue weighted by atomic mass is 19.1. The van der Waals surface area contributed by atoms with E-state index in [-0.39, 0.29) is 29.4 Å². The summed E-state index contributed by atoms with van der Waals surface area (Å²) < 4.78 is 41.0. The van der Waals surface area contributed by atoms with E-state index >= 15 is 0 Å². The van der Waals surface area contributed by atoms with Gasteiger partial charge >= 0.3 is 0 Å². The van der Waals surface area contributed by atoms with Crippen LogP contribution in [0, 0.1) is 17.5 Å². The normalized spacial score (nSPS) is 16.9. The Labute approximate surface area is 336 Å². The fourth-order valence-electron chi connectivity index (χ4n) is 7.34. The molecule has 0 spiro atoms. The molecule has 2 aromatic heterocycles. The van der Waals surface area contributed by atoms with Gasteiger partial charge in [0.05, 0.1) is 22.2 Å². The van der Waals surface area contributed by atoms with Gasteiger partial charge in [-0.25, -0.2) is 33.1 Å². The highest BCUT2D eigenvalue weighted by molar-refractivity contribution is 5.93. The lowest BCUT2D eigenvalue weighted by Gasteiger charge is -2.21. The number of halogens is 3. The van der Waals surface area contributed by atoms with Crippen LogP contribution >= 0.6 is 0 Å². The first-order valence-corrected chi connectivity index (χ1v) is 19.0. The van der Waals surface area contributed by atoms with Crippen molar-refractivity contribution in [1.29, 1.82) is 0 Å². The van der Waals surface area contributed by atoms with Crippen LogP contribution in [0.5, 0.6) is 11.5 Å². The Balaban J connectivity index is 0.000000176. The number of anilines is 2. The van der Waals surface area contributed by atoms with E-state index in [0.29, 0.717) is 87.8 Å². The monoisotopic (exact) mass is 800 g/mol. The number of hydrogen-bond donors (Lipinski definition) is 5. The van der Waals surface area contributed by atoms with E-state index in [1.807, 2.05) is 11.0 Å². The second kappa shape index (κ2) is 16.6. The van der Waals surface area contributed by atoms with Gasteiger partial charge in [-0.05, 0) is 91.2 Å². The molecule has 6 N–H and O–H groups in total. The summed E-state index contributed by atoms with van der Waals surface area (Å²) in [6.07, 6.45) is 0.0210. The summed E-state index contributed by atoms with van der Waals surface area (Å²) in [5.41, 5.74) is 8.47. The molecule has 1 unspecified atom stereocenters. The van der Waals surface area contributed by atoms with Crippen molar-refractivity contribution in [2.75, 3.05) is 36.0 Å². The van der Waals surface area contributed by atoms with Crippen molar-refractivity contribution in [3.05, 3.63) is 132 Å². The SMILES string of the molecule is N[C@@H]1CCN(c2nc(-c3ccccc3O)nc3ccc(F)cc23)C1.O=C(N[C@@H]1CCN(c2nc(-c3ccccc3O)nc3ccc(F)cc23)C1)C(O)c1ccc(F)cc1. The van der Waals surface area contributed by atoms with Gasteiger partial charge in [0.2, 0.25) is 0 Å². The summed E-state index contributed by atoms with van der Waals surface area (Å²) in [6.45, 7) is 2.35. The molecule has 0 saturated carbocycles. The molecule has 3 atom stereocenters. The third-order valence-electron chi connectivity index (χ3n) is 10.4.